The average Bonchev–Trinajstić information content (AvgIpc) is 2.15. The number of amides is 1. The maximum Gasteiger partial charge on any atom is 0.246 e. The highest BCUT2D eigenvalue weighted by Crippen LogP contribution is 1.90. The third-order valence-corrected chi connectivity index (χ3v) is 2.01. The van der Waals surface area contributed by atoms with Crippen LogP contribution in [0.3, 0.4) is 0 Å². The summed E-state index contributed by atoms with van der Waals surface area (Å²) in [5.74, 6) is 0.665. The lowest BCUT2D eigenvalue weighted by Gasteiger charge is -2.07. The van der Waals surface area contributed by atoms with Crippen LogP contribution in [0, 0.1) is 5.92 Å². The van der Waals surface area contributed by atoms with E-state index in [-0.39, 0.29) is 5.91 Å². The Morgan fingerprint density at radius 2 is 1.87 bits per heavy atom. The van der Waals surface area contributed by atoms with Crippen molar-refractivity contribution >= 4 is 5.91 Å². The first kappa shape index (κ1) is 14.2. The van der Waals surface area contributed by atoms with Crippen molar-refractivity contribution in [3.63, 3.8) is 0 Å². The number of hydrogen-bond acceptors (Lipinski definition) is 2. The van der Waals surface area contributed by atoms with E-state index in [9.17, 15) is 4.79 Å². The van der Waals surface area contributed by atoms with E-state index >= 15 is 0 Å². The van der Waals surface area contributed by atoms with Gasteiger partial charge in [0.05, 0.1) is 0 Å². The molecular weight excluding hydrogens is 188 g/mol. The molecule has 0 bridgehead atoms. The van der Waals surface area contributed by atoms with Crippen molar-refractivity contribution in [2.45, 2.75) is 33.6 Å². The van der Waals surface area contributed by atoms with Crippen LogP contribution in [-0.2, 0) is 4.79 Å². The normalized spacial score (nSPS) is 10.4. The Balaban J connectivity index is 3.18. The van der Waals surface area contributed by atoms with Gasteiger partial charge in [-0.1, -0.05) is 20.4 Å². The molecule has 1 amide bonds. The van der Waals surface area contributed by atoms with Gasteiger partial charge in [0, 0.05) is 12.1 Å². The van der Waals surface area contributed by atoms with Gasteiger partial charge in [-0.2, -0.15) is 0 Å². The van der Waals surface area contributed by atoms with Crippen molar-refractivity contribution in [1.29, 1.82) is 0 Å². The Morgan fingerprint density at radius 1 is 1.27 bits per heavy atom. The maximum absolute atomic E-state index is 11.1. The van der Waals surface area contributed by atoms with Crippen molar-refractivity contribution in [2.24, 2.45) is 5.92 Å². The molecule has 0 aromatic carbocycles. The Labute approximate surface area is 93.3 Å². The van der Waals surface area contributed by atoms with Crippen molar-refractivity contribution in [1.82, 2.24) is 10.6 Å². The van der Waals surface area contributed by atoms with E-state index in [1.165, 1.54) is 0 Å². The van der Waals surface area contributed by atoms with Gasteiger partial charge in [0.15, 0.2) is 0 Å². The first-order valence-electron chi connectivity index (χ1n) is 5.68. The summed E-state index contributed by atoms with van der Waals surface area (Å²) in [6, 6.07) is 0. The second-order valence-electron chi connectivity index (χ2n) is 4.34. The van der Waals surface area contributed by atoms with Gasteiger partial charge in [0.1, 0.15) is 0 Å². The van der Waals surface area contributed by atoms with Crippen LogP contribution in [-0.4, -0.2) is 25.5 Å². The molecular formula is C12H24N2O. The Bertz CT molecular complexity index is 200. The number of carbonyl (C=O) groups excluding carboxylic acids is 1. The van der Waals surface area contributed by atoms with Gasteiger partial charge < -0.3 is 10.6 Å². The first-order valence-corrected chi connectivity index (χ1v) is 5.68. The van der Waals surface area contributed by atoms with E-state index in [4.69, 9.17) is 0 Å². The molecule has 0 aliphatic rings. The van der Waals surface area contributed by atoms with Crippen LogP contribution in [0.25, 0.3) is 0 Å². The lowest BCUT2D eigenvalue weighted by atomic mass is 10.2. The summed E-state index contributed by atoms with van der Waals surface area (Å²) in [6.07, 6.45) is 2.12. The molecule has 88 valence electrons. The molecule has 0 fully saturated rings. The molecule has 0 aliphatic carbocycles. The van der Waals surface area contributed by atoms with Gasteiger partial charge in [-0.15, -0.1) is 0 Å². The van der Waals surface area contributed by atoms with Gasteiger partial charge in [-0.25, -0.2) is 0 Å². The number of nitrogens with one attached hydrogen (secondary N) is 2. The Morgan fingerprint density at radius 3 is 2.40 bits per heavy atom. The molecule has 0 saturated heterocycles. The van der Waals surface area contributed by atoms with E-state index in [1.54, 1.807) is 6.92 Å². The molecule has 0 atom stereocenters. The molecule has 0 unspecified atom stereocenters. The summed E-state index contributed by atoms with van der Waals surface area (Å²) in [4.78, 5) is 11.1. The van der Waals surface area contributed by atoms with Crippen LogP contribution >= 0.6 is 0 Å². The zero-order valence-electron chi connectivity index (χ0n) is 10.2. The lowest BCUT2D eigenvalue weighted by Crippen LogP contribution is -2.26. The van der Waals surface area contributed by atoms with Crippen LogP contribution in [0.5, 0.6) is 0 Å². The minimum Gasteiger partial charge on any atom is -0.352 e. The van der Waals surface area contributed by atoms with Crippen molar-refractivity contribution < 1.29 is 4.79 Å². The van der Waals surface area contributed by atoms with Crippen LogP contribution < -0.4 is 10.6 Å². The van der Waals surface area contributed by atoms with Crippen LogP contribution in [0.2, 0.25) is 0 Å². The highest BCUT2D eigenvalue weighted by molar-refractivity contribution is 5.91. The van der Waals surface area contributed by atoms with Crippen LogP contribution in [0.15, 0.2) is 12.2 Å². The molecule has 2 N–H and O–H groups in total. The number of rotatable bonds is 8. The standard InChI is InChI=1S/C12H24N2O/c1-10(2)9-13-7-5-6-8-14-12(15)11(3)4/h10,13H,3,5-9H2,1-2,4H3,(H,14,15). The van der Waals surface area contributed by atoms with Gasteiger partial charge in [0.2, 0.25) is 5.91 Å². The van der Waals surface area contributed by atoms with Crippen molar-refractivity contribution in [3.8, 4) is 0 Å². The fourth-order valence-electron chi connectivity index (χ4n) is 1.12. The van der Waals surface area contributed by atoms with Gasteiger partial charge in [-0.3, -0.25) is 4.79 Å². The molecule has 0 spiro atoms. The number of hydrogen-bond donors (Lipinski definition) is 2. The third-order valence-electron chi connectivity index (χ3n) is 2.01. The first-order chi connectivity index (χ1) is 7.04. The van der Waals surface area contributed by atoms with E-state index in [2.05, 4.69) is 31.1 Å². The average molecular weight is 212 g/mol. The fraction of sp³-hybridized carbons (Fsp3) is 0.750. The highest BCUT2D eigenvalue weighted by atomic mass is 16.1. The van der Waals surface area contributed by atoms with E-state index in [0.717, 1.165) is 32.5 Å². The molecule has 0 heterocycles. The third kappa shape index (κ3) is 9.47. The highest BCUT2D eigenvalue weighted by Gasteiger charge is 1.99. The molecule has 0 aromatic heterocycles. The topological polar surface area (TPSA) is 41.1 Å². The second-order valence-corrected chi connectivity index (χ2v) is 4.34. The maximum atomic E-state index is 11.1. The quantitative estimate of drug-likeness (QED) is 0.475. The fourth-order valence-corrected chi connectivity index (χ4v) is 1.12. The smallest absolute Gasteiger partial charge is 0.246 e. The summed E-state index contributed by atoms with van der Waals surface area (Å²) in [6.45, 7) is 12.5. The minimum absolute atomic E-state index is 0.0369. The van der Waals surface area contributed by atoms with Crippen molar-refractivity contribution in [3.05, 3.63) is 12.2 Å². The molecule has 0 aromatic rings. The zero-order chi connectivity index (χ0) is 11.7. The SMILES string of the molecule is C=C(C)C(=O)NCCCCNCC(C)C. The molecule has 0 radical (unpaired) electrons. The summed E-state index contributed by atoms with van der Waals surface area (Å²) in [5.41, 5.74) is 0.577. The summed E-state index contributed by atoms with van der Waals surface area (Å²) < 4.78 is 0. The lowest BCUT2D eigenvalue weighted by molar-refractivity contribution is -0.117. The molecule has 0 saturated carbocycles. The summed E-state index contributed by atoms with van der Waals surface area (Å²) >= 11 is 0. The number of carbonyl (C=O) groups is 1. The van der Waals surface area contributed by atoms with Crippen LogP contribution in [0.4, 0.5) is 0 Å². The monoisotopic (exact) mass is 212 g/mol. The zero-order valence-corrected chi connectivity index (χ0v) is 10.2. The Hall–Kier alpha value is -0.830. The Kier molecular flexibility index (Phi) is 8.01. The van der Waals surface area contributed by atoms with E-state index in [1.807, 2.05) is 0 Å². The van der Waals surface area contributed by atoms with Gasteiger partial charge in [-0.05, 0) is 38.8 Å². The largest absolute Gasteiger partial charge is 0.352 e. The molecule has 0 aliphatic heterocycles. The van der Waals surface area contributed by atoms with Crippen molar-refractivity contribution in [2.75, 3.05) is 19.6 Å². The molecule has 3 heteroatoms. The molecule has 15 heavy (non-hydrogen) atoms. The minimum atomic E-state index is -0.0369. The molecule has 0 rings (SSSR count). The van der Waals surface area contributed by atoms with Crippen LogP contribution in [0.1, 0.15) is 33.6 Å². The predicted octanol–water partition coefficient (Wildman–Crippen LogP) is 1.70. The second kappa shape index (κ2) is 8.48. The van der Waals surface area contributed by atoms with E-state index in [0.29, 0.717) is 11.5 Å². The summed E-state index contributed by atoms with van der Waals surface area (Å²) in [7, 11) is 0. The molecule has 3 nitrogen and oxygen atoms in total. The van der Waals surface area contributed by atoms with Gasteiger partial charge in [0.25, 0.3) is 0 Å². The summed E-state index contributed by atoms with van der Waals surface area (Å²) in [5, 5.41) is 6.18. The van der Waals surface area contributed by atoms with E-state index < -0.39 is 0 Å². The van der Waals surface area contributed by atoms with Gasteiger partial charge >= 0.3 is 0 Å². The number of unbranched alkanes of at least 4 members (excludes halogenated alkanes) is 1. The predicted molar refractivity (Wildman–Crippen MR) is 64.8 cm³/mol.